The van der Waals surface area contributed by atoms with E-state index in [1.165, 1.54) is 6.20 Å². The molecule has 0 unspecified atom stereocenters. The number of carboxylic acids is 1. The molecular weight excluding hydrogens is 244 g/mol. The van der Waals surface area contributed by atoms with Gasteiger partial charge in [0.25, 0.3) is 0 Å². The van der Waals surface area contributed by atoms with Crippen LogP contribution >= 0.6 is 0 Å². The van der Waals surface area contributed by atoms with Crippen LogP contribution in [0.4, 0.5) is 5.69 Å². The highest BCUT2D eigenvalue weighted by atomic mass is 16.4. The summed E-state index contributed by atoms with van der Waals surface area (Å²) in [7, 11) is 0. The molecule has 1 aromatic heterocycles. The Labute approximate surface area is 112 Å². The fourth-order valence-corrected chi connectivity index (χ4v) is 2.68. The molecule has 1 aliphatic rings. The summed E-state index contributed by atoms with van der Waals surface area (Å²) in [6.45, 7) is 2.58. The zero-order valence-electron chi connectivity index (χ0n) is 11.1. The summed E-state index contributed by atoms with van der Waals surface area (Å²) in [6.07, 6.45) is 5.61. The highest BCUT2D eigenvalue weighted by Gasteiger charge is 2.33. The molecule has 0 saturated heterocycles. The van der Waals surface area contributed by atoms with Crippen LogP contribution < -0.4 is 5.32 Å². The van der Waals surface area contributed by atoms with Gasteiger partial charge in [0.05, 0.1) is 12.3 Å². The first-order chi connectivity index (χ1) is 9.06. The number of rotatable bonds is 5. The third kappa shape index (κ3) is 3.04. The summed E-state index contributed by atoms with van der Waals surface area (Å²) >= 11 is 0. The molecule has 0 aliphatic heterocycles. The zero-order chi connectivity index (χ0) is 13.9. The van der Waals surface area contributed by atoms with Crippen molar-refractivity contribution in [3.8, 4) is 0 Å². The molecule has 1 heterocycles. The van der Waals surface area contributed by atoms with Crippen LogP contribution in [-0.2, 0) is 0 Å². The fraction of sp³-hybridized carbons (Fsp3) is 0.571. The fourth-order valence-electron chi connectivity index (χ4n) is 2.68. The minimum atomic E-state index is -0.987. The molecule has 104 valence electrons. The molecule has 2 rings (SSSR count). The second kappa shape index (κ2) is 5.57. The molecule has 0 bridgehead atoms. The van der Waals surface area contributed by atoms with Gasteiger partial charge in [0.2, 0.25) is 0 Å². The number of aryl methyl sites for hydroxylation is 1. The largest absolute Gasteiger partial charge is 0.478 e. The number of aliphatic hydroxyl groups is 1. The quantitative estimate of drug-likeness (QED) is 0.758. The van der Waals surface area contributed by atoms with Gasteiger partial charge in [-0.15, -0.1) is 0 Å². The van der Waals surface area contributed by atoms with Gasteiger partial charge in [0, 0.05) is 23.9 Å². The van der Waals surface area contributed by atoms with Gasteiger partial charge in [-0.05, 0) is 25.8 Å². The van der Waals surface area contributed by atoms with Crippen molar-refractivity contribution < 1.29 is 15.0 Å². The molecule has 3 N–H and O–H groups in total. The summed E-state index contributed by atoms with van der Waals surface area (Å²) in [5.74, 6) is -0.987. The van der Waals surface area contributed by atoms with E-state index in [1.54, 1.807) is 6.07 Å². The number of aromatic nitrogens is 1. The molecule has 1 fully saturated rings. The van der Waals surface area contributed by atoms with Gasteiger partial charge in [-0.2, -0.15) is 0 Å². The molecule has 5 nitrogen and oxygen atoms in total. The summed E-state index contributed by atoms with van der Waals surface area (Å²) < 4.78 is 0. The first-order valence-electron chi connectivity index (χ1n) is 6.61. The minimum absolute atomic E-state index is 0.104. The second-order valence-corrected chi connectivity index (χ2v) is 5.40. The Morgan fingerprint density at radius 3 is 2.74 bits per heavy atom. The number of carbonyl (C=O) groups is 1. The minimum Gasteiger partial charge on any atom is -0.478 e. The maximum absolute atomic E-state index is 11.1. The van der Waals surface area contributed by atoms with E-state index in [1.807, 2.05) is 6.92 Å². The van der Waals surface area contributed by atoms with Crippen LogP contribution in [0.3, 0.4) is 0 Å². The number of nitrogens with one attached hydrogen (secondary N) is 1. The normalized spacial score (nSPS) is 17.4. The number of hydrogen-bond acceptors (Lipinski definition) is 4. The Kier molecular flexibility index (Phi) is 4.04. The van der Waals surface area contributed by atoms with Crippen LogP contribution in [0.2, 0.25) is 0 Å². The van der Waals surface area contributed by atoms with Gasteiger partial charge < -0.3 is 15.5 Å². The molecule has 1 saturated carbocycles. The van der Waals surface area contributed by atoms with Crippen LogP contribution in [0.1, 0.15) is 41.7 Å². The number of hydrogen-bond donors (Lipinski definition) is 3. The third-order valence-corrected chi connectivity index (χ3v) is 3.92. The zero-order valence-corrected chi connectivity index (χ0v) is 11.1. The van der Waals surface area contributed by atoms with Gasteiger partial charge in [0.15, 0.2) is 0 Å². The highest BCUT2D eigenvalue weighted by Crippen LogP contribution is 2.37. The van der Waals surface area contributed by atoms with Crippen LogP contribution in [-0.4, -0.2) is 34.3 Å². The van der Waals surface area contributed by atoms with Crippen LogP contribution in [0.15, 0.2) is 12.3 Å². The number of nitrogens with zero attached hydrogens (tertiary/aromatic N) is 1. The summed E-state index contributed by atoms with van der Waals surface area (Å²) in [6, 6.07) is 1.74. The lowest BCUT2D eigenvalue weighted by Crippen LogP contribution is -2.31. The van der Waals surface area contributed by atoms with Gasteiger partial charge in [0.1, 0.15) is 5.56 Å². The monoisotopic (exact) mass is 264 g/mol. The summed E-state index contributed by atoms with van der Waals surface area (Å²) in [5.41, 5.74) is 1.43. The summed E-state index contributed by atoms with van der Waals surface area (Å²) in [5, 5.41) is 21.9. The average molecular weight is 264 g/mol. The van der Waals surface area contributed by atoms with E-state index in [0.29, 0.717) is 12.2 Å². The van der Waals surface area contributed by atoms with E-state index in [4.69, 9.17) is 5.11 Å². The van der Waals surface area contributed by atoms with Gasteiger partial charge in [-0.1, -0.05) is 12.8 Å². The van der Waals surface area contributed by atoms with Gasteiger partial charge in [-0.3, -0.25) is 4.98 Å². The van der Waals surface area contributed by atoms with Crippen molar-refractivity contribution >= 4 is 11.7 Å². The van der Waals surface area contributed by atoms with Crippen molar-refractivity contribution in [2.45, 2.75) is 32.6 Å². The molecule has 0 amide bonds. The third-order valence-electron chi connectivity index (χ3n) is 3.92. The van der Waals surface area contributed by atoms with E-state index >= 15 is 0 Å². The van der Waals surface area contributed by atoms with Crippen molar-refractivity contribution in [3.63, 3.8) is 0 Å². The van der Waals surface area contributed by atoms with E-state index in [0.717, 1.165) is 31.4 Å². The Hall–Kier alpha value is -1.62. The standard InChI is InChI=1S/C14H20N2O3/c1-10-6-12(11(7-15-10)13(18)19)16-8-14(9-17)4-2-3-5-14/h6-7,17H,2-5,8-9H2,1H3,(H,15,16)(H,18,19). The smallest absolute Gasteiger partial charge is 0.339 e. The van der Waals surface area contributed by atoms with E-state index in [-0.39, 0.29) is 17.6 Å². The Morgan fingerprint density at radius 1 is 1.47 bits per heavy atom. The van der Waals surface area contributed by atoms with Gasteiger partial charge in [-0.25, -0.2) is 4.79 Å². The van der Waals surface area contributed by atoms with Crippen LogP contribution in [0, 0.1) is 12.3 Å². The van der Waals surface area contributed by atoms with Crippen molar-refractivity contribution in [1.29, 1.82) is 0 Å². The van der Waals surface area contributed by atoms with Crippen molar-refractivity contribution in [3.05, 3.63) is 23.5 Å². The Balaban J connectivity index is 2.14. The average Bonchev–Trinajstić information content (AvgIpc) is 2.85. The first kappa shape index (κ1) is 13.8. The molecule has 5 heteroatoms. The second-order valence-electron chi connectivity index (χ2n) is 5.40. The lowest BCUT2D eigenvalue weighted by molar-refractivity contribution is 0.0697. The van der Waals surface area contributed by atoms with Crippen molar-refractivity contribution in [2.75, 3.05) is 18.5 Å². The predicted molar refractivity (Wildman–Crippen MR) is 72.4 cm³/mol. The van der Waals surface area contributed by atoms with E-state index in [9.17, 15) is 9.90 Å². The number of carboxylic acid groups (broad SMARTS) is 1. The maximum Gasteiger partial charge on any atom is 0.339 e. The molecule has 0 aromatic carbocycles. The topological polar surface area (TPSA) is 82.5 Å². The van der Waals surface area contributed by atoms with Crippen LogP contribution in [0.25, 0.3) is 0 Å². The van der Waals surface area contributed by atoms with Crippen molar-refractivity contribution in [2.24, 2.45) is 5.41 Å². The Morgan fingerprint density at radius 2 is 2.16 bits per heavy atom. The summed E-state index contributed by atoms with van der Waals surface area (Å²) in [4.78, 5) is 15.2. The number of pyridine rings is 1. The molecular formula is C14H20N2O3. The Bertz CT molecular complexity index is 468. The molecule has 19 heavy (non-hydrogen) atoms. The predicted octanol–water partition coefficient (Wildman–Crippen LogP) is 2.05. The SMILES string of the molecule is Cc1cc(NCC2(CO)CCCC2)c(C(=O)O)cn1. The van der Waals surface area contributed by atoms with Gasteiger partial charge >= 0.3 is 5.97 Å². The molecule has 0 atom stereocenters. The maximum atomic E-state index is 11.1. The first-order valence-corrected chi connectivity index (χ1v) is 6.61. The molecule has 1 aromatic rings. The van der Waals surface area contributed by atoms with E-state index in [2.05, 4.69) is 10.3 Å². The number of aromatic carboxylic acids is 1. The molecule has 0 spiro atoms. The lowest BCUT2D eigenvalue weighted by atomic mass is 9.87. The molecule has 0 radical (unpaired) electrons. The highest BCUT2D eigenvalue weighted by molar-refractivity contribution is 5.93. The number of aliphatic hydroxyl groups excluding tert-OH is 1. The molecule has 1 aliphatic carbocycles. The van der Waals surface area contributed by atoms with Crippen molar-refractivity contribution in [1.82, 2.24) is 4.98 Å². The van der Waals surface area contributed by atoms with E-state index < -0.39 is 5.97 Å². The van der Waals surface area contributed by atoms with Crippen LogP contribution in [0.5, 0.6) is 0 Å². The number of anilines is 1. The lowest BCUT2D eigenvalue weighted by Gasteiger charge is -2.27.